The van der Waals surface area contributed by atoms with Crippen molar-refractivity contribution in [2.24, 2.45) is 17.7 Å². The average Bonchev–Trinajstić information content (AvgIpc) is 3.07. The fourth-order valence-electron chi connectivity index (χ4n) is 3.38. The Bertz CT molecular complexity index is 264. The molecule has 3 aliphatic rings. The summed E-state index contributed by atoms with van der Waals surface area (Å²) in [7, 11) is 0. The Morgan fingerprint density at radius 1 is 1.41 bits per heavy atom. The molecule has 0 aromatic heterocycles. The van der Waals surface area contributed by atoms with Gasteiger partial charge in [-0.1, -0.05) is 12.8 Å². The average molecular weight is 256 g/mol. The van der Waals surface area contributed by atoms with Crippen LogP contribution in [0, 0.1) is 11.8 Å². The summed E-state index contributed by atoms with van der Waals surface area (Å²) in [6.07, 6.45) is 7.78. The van der Waals surface area contributed by atoms with E-state index in [9.17, 15) is 0 Å². The van der Waals surface area contributed by atoms with Gasteiger partial charge in [-0.05, 0) is 43.3 Å². The lowest BCUT2D eigenvalue weighted by atomic mass is 9.80. The Balaban J connectivity index is 1.60. The van der Waals surface area contributed by atoms with E-state index in [2.05, 4.69) is 17.2 Å². The molecule has 3 atom stereocenters. The molecule has 0 aromatic carbocycles. The van der Waals surface area contributed by atoms with E-state index in [0.717, 1.165) is 18.4 Å². The molecule has 3 nitrogen and oxygen atoms in total. The van der Waals surface area contributed by atoms with Gasteiger partial charge in [0.05, 0.1) is 5.60 Å². The Kier molecular flexibility index (Phi) is 3.67. The Hall–Kier alpha value is 0.230. The molecule has 2 heterocycles. The molecular formula is C13H24N2OS. The molecule has 3 rings (SSSR count). The first-order valence-corrected chi connectivity index (χ1v) is 8.15. The first kappa shape index (κ1) is 12.3. The van der Waals surface area contributed by atoms with Crippen LogP contribution in [0.3, 0.4) is 0 Å². The highest BCUT2D eigenvalue weighted by molar-refractivity contribution is 7.99. The number of nitrogens with two attached hydrogens (primary N) is 1. The second-order valence-electron chi connectivity index (χ2n) is 6.04. The Morgan fingerprint density at radius 3 is 2.94 bits per heavy atom. The van der Waals surface area contributed by atoms with Crippen LogP contribution >= 0.6 is 11.8 Å². The van der Waals surface area contributed by atoms with E-state index >= 15 is 0 Å². The van der Waals surface area contributed by atoms with Gasteiger partial charge in [-0.2, -0.15) is 11.8 Å². The predicted molar refractivity (Wildman–Crippen MR) is 71.8 cm³/mol. The van der Waals surface area contributed by atoms with Crippen molar-refractivity contribution in [3.05, 3.63) is 0 Å². The number of nitrogens with one attached hydrogen (secondary N) is 1. The van der Waals surface area contributed by atoms with Crippen LogP contribution in [-0.2, 0) is 4.74 Å². The van der Waals surface area contributed by atoms with Crippen LogP contribution in [0.4, 0.5) is 0 Å². The molecule has 1 spiro atoms. The van der Waals surface area contributed by atoms with Crippen LogP contribution in [0.15, 0.2) is 0 Å². The van der Waals surface area contributed by atoms with Gasteiger partial charge < -0.3 is 4.74 Å². The molecule has 2 aliphatic heterocycles. The number of hydrazine groups is 1. The van der Waals surface area contributed by atoms with E-state index < -0.39 is 0 Å². The highest BCUT2D eigenvalue weighted by atomic mass is 32.2. The summed E-state index contributed by atoms with van der Waals surface area (Å²) in [6, 6.07) is 0.522. The minimum Gasteiger partial charge on any atom is -0.374 e. The molecule has 98 valence electrons. The second-order valence-corrected chi connectivity index (χ2v) is 7.14. The largest absolute Gasteiger partial charge is 0.374 e. The van der Waals surface area contributed by atoms with Crippen molar-refractivity contribution < 1.29 is 4.74 Å². The summed E-state index contributed by atoms with van der Waals surface area (Å²) in [5.74, 6) is 9.92. The van der Waals surface area contributed by atoms with Gasteiger partial charge in [0.15, 0.2) is 0 Å². The minimum atomic E-state index is 0.201. The third-order valence-corrected chi connectivity index (χ3v) is 5.89. The van der Waals surface area contributed by atoms with Crippen molar-refractivity contribution in [1.29, 1.82) is 0 Å². The predicted octanol–water partition coefficient (Wildman–Crippen LogP) is 1.92. The number of ether oxygens (including phenoxy) is 1. The van der Waals surface area contributed by atoms with Crippen molar-refractivity contribution in [1.82, 2.24) is 5.43 Å². The fraction of sp³-hybridized carbons (Fsp3) is 1.00. The number of rotatable bonds is 4. The SMILES string of the molecule is NNC(CC1CC1)C1CCOC2(CCSC2)C1. The summed E-state index contributed by atoms with van der Waals surface area (Å²) in [5, 5.41) is 0. The first-order valence-electron chi connectivity index (χ1n) is 6.99. The zero-order valence-electron chi connectivity index (χ0n) is 10.5. The van der Waals surface area contributed by atoms with Gasteiger partial charge in [-0.3, -0.25) is 11.3 Å². The van der Waals surface area contributed by atoms with Gasteiger partial charge >= 0.3 is 0 Å². The number of hydrogen-bond donors (Lipinski definition) is 2. The van der Waals surface area contributed by atoms with Gasteiger partial charge in [0, 0.05) is 18.4 Å². The molecular weight excluding hydrogens is 232 g/mol. The molecule has 2 saturated heterocycles. The van der Waals surface area contributed by atoms with Crippen molar-refractivity contribution >= 4 is 11.8 Å². The Morgan fingerprint density at radius 2 is 2.29 bits per heavy atom. The van der Waals surface area contributed by atoms with Crippen LogP contribution in [0.1, 0.15) is 38.5 Å². The summed E-state index contributed by atoms with van der Waals surface area (Å²) >= 11 is 2.05. The third kappa shape index (κ3) is 2.80. The van der Waals surface area contributed by atoms with Gasteiger partial charge in [0.25, 0.3) is 0 Å². The van der Waals surface area contributed by atoms with Crippen LogP contribution in [0.2, 0.25) is 0 Å². The van der Waals surface area contributed by atoms with Gasteiger partial charge in [-0.25, -0.2) is 0 Å². The monoisotopic (exact) mass is 256 g/mol. The zero-order valence-corrected chi connectivity index (χ0v) is 11.3. The smallest absolute Gasteiger partial charge is 0.0783 e. The molecule has 3 fully saturated rings. The lowest BCUT2D eigenvalue weighted by Gasteiger charge is -2.40. The molecule has 0 radical (unpaired) electrons. The molecule has 4 heteroatoms. The van der Waals surface area contributed by atoms with Crippen LogP contribution in [-0.4, -0.2) is 29.8 Å². The highest BCUT2D eigenvalue weighted by Crippen LogP contribution is 2.43. The lowest BCUT2D eigenvalue weighted by molar-refractivity contribution is -0.0857. The maximum Gasteiger partial charge on any atom is 0.0783 e. The summed E-state index contributed by atoms with van der Waals surface area (Å²) < 4.78 is 6.08. The molecule has 1 saturated carbocycles. The first-order chi connectivity index (χ1) is 8.31. The standard InChI is InChI=1S/C13H24N2OS/c14-15-12(7-10-1-2-10)11-3-5-16-13(8-11)4-6-17-9-13/h10-12,15H,1-9,14H2. The second kappa shape index (κ2) is 5.08. The van der Waals surface area contributed by atoms with Crippen molar-refractivity contribution in [3.63, 3.8) is 0 Å². The van der Waals surface area contributed by atoms with Crippen molar-refractivity contribution in [2.75, 3.05) is 18.1 Å². The number of hydrogen-bond acceptors (Lipinski definition) is 4. The van der Waals surface area contributed by atoms with E-state index in [1.54, 1.807) is 0 Å². The van der Waals surface area contributed by atoms with Crippen LogP contribution in [0.25, 0.3) is 0 Å². The van der Waals surface area contributed by atoms with Gasteiger partial charge in [0.1, 0.15) is 0 Å². The quantitative estimate of drug-likeness (QED) is 0.596. The third-order valence-electron chi connectivity index (χ3n) is 4.67. The summed E-state index contributed by atoms with van der Waals surface area (Å²) in [4.78, 5) is 0. The van der Waals surface area contributed by atoms with Crippen molar-refractivity contribution in [2.45, 2.75) is 50.2 Å². The normalized spacial score (nSPS) is 39.7. The van der Waals surface area contributed by atoms with E-state index in [4.69, 9.17) is 10.6 Å². The van der Waals surface area contributed by atoms with Crippen molar-refractivity contribution in [3.8, 4) is 0 Å². The zero-order chi connectivity index (χ0) is 11.7. The van der Waals surface area contributed by atoms with Crippen LogP contribution in [0.5, 0.6) is 0 Å². The highest BCUT2D eigenvalue weighted by Gasteiger charge is 2.43. The maximum atomic E-state index is 6.08. The minimum absolute atomic E-state index is 0.201. The topological polar surface area (TPSA) is 47.3 Å². The van der Waals surface area contributed by atoms with E-state index in [0.29, 0.717) is 6.04 Å². The van der Waals surface area contributed by atoms with E-state index in [-0.39, 0.29) is 5.60 Å². The van der Waals surface area contributed by atoms with E-state index in [1.807, 2.05) is 0 Å². The molecule has 0 bridgehead atoms. The lowest BCUT2D eigenvalue weighted by Crippen LogP contribution is -2.49. The fourth-order valence-corrected chi connectivity index (χ4v) is 4.76. The van der Waals surface area contributed by atoms with E-state index in [1.165, 1.54) is 50.0 Å². The van der Waals surface area contributed by atoms with Gasteiger partial charge in [-0.15, -0.1) is 0 Å². The maximum absolute atomic E-state index is 6.08. The molecule has 0 amide bonds. The molecule has 3 unspecified atom stereocenters. The molecule has 17 heavy (non-hydrogen) atoms. The Labute approximate surface area is 108 Å². The van der Waals surface area contributed by atoms with Crippen LogP contribution < -0.4 is 11.3 Å². The summed E-state index contributed by atoms with van der Waals surface area (Å²) in [6.45, 7) is 0.939. The van der Waals surface area contributed by atoms with Gasteiger partial charge in [0.2, 0.25) is 0 Å². The molecule has 1 aliphatic carbocycles. The molecule has 3 N–H and O–H groups in total. The number of thioether (sulfide) groups is 1. The molecule has 0 aromatic rings. The summed E-state index contributed by atoms with van der Waals surface area (Å²) in [5.41, 5.74) is 3.29.